The molecule has 1 aliphatic heterocycles. The number of hydrogen-bond acceptors (Lipinski definition) is 5. The SMILES string of the molecule is O=C1CCCCN1c1ccc(CNc2cc[nH]c(=O)c2[N+](=O)[O-])cc1. The van der Waals surface area contributed by atoms with Gasteiger partial charge in [-0.05, 0) is 36.6 Å². The first-order valence-electron chi connectivity index (χ1n) is 8.05. The van der Waals surface area contributed by atoms with Gasteiger partial charge in [0.25, 0.3) is 0 Å². The van der Waals surface area contributed by atoms with Gasteiger partial charge < -0.3 is 15.2 Å². The Labute approximate surface area is 143 Å². The number of amides is 1. The Balaban J connectivity index is 1.71. The predicted octanol–water partition coefficient (Wildman–Crippen LogP) is 2.41. The first-order valence-corrected chi connectivity index (χ1v) is 8.05. The van der Waals surface area contributed by atoms with E-state index in [0.717, 1.165) is 30.6 Å². The first kappa shape index (κ1) is 16.7. The van der Waals surface area contributed by atoms with Crippen molar-refractivity contribution in [2.75, 3.05) is 16.8 Å². The average molecular weight is 342 g/mol. The quantitative estimate of drug-likeness (QED) is 0.641. The molecule has 0 aliphatic carbocycles. The number of carbonyl (C=O) groups is 1. The number of pyridine rings is 1. The Morgan fingerprint density at radius 3 is 2.60 bits per heavy atom. The number of aromatic amines is 1. The normalized spacial score (nSPS) is 14.4. The number of rotatable bonds is 5. The molecule has 25 heavy (non-hydrogen) atoms. The third kappa shape index (κ3) is 3.68. The Morgan fingerprint density at radius 1 is 1.16 bits per heavy atom. The molecule has 1 aliphatic rings. The number of nitrogens with one attached hydrogen (secondary N) is 2. The molecule has 3 rings (SSSR count). The van der Waals surface area contributed by atoms with E-state index in [1.165, 1.54) is 12.3 Å². The molecule has 0 radical (unpaired) electrons. The lowest BCUT2D eigenvalue weighted by atomic mass is 10.1. The molecule has 0 bridgehead atoms. The van der Waals surface area contributed by atoms with Crippen molar-refractivity contribution in [3.8, 4) is 0 Å². The van der Waals surface area contributed by atoms with Gasteiger partial charge in [-0.25, -0.2) is 0 Å². The molecule has 1 aromatic heterocycles. The summed E-state index contributed by atoms with van der Waals surface area (Å²) in [6.45, 7) is 1.06. The topological polar surface area (TPSA) is 108 Å². The molecular weight excluding hydrogens is 324 g/mol. The van der Waals surface area contributed by atoms with Crippen LogP contribution < -0.4 is 15.8 Å². The fraction of sp³-hybridized carbons (Fsp3) is 0.294. The van der Waals surface area contributed by atoms with Crippen LogP contribution in [0.3, 0.4) is 0 Å². The number of piperidine rings is 1. The van der Waals surface area contributed by atoms with Crippen molar-refractivity contribution in [1.82, 2.24) is 4.98 Å². The molecule has 1 fully saturated rings. The number of H-pyrrole nitrogens is 1. The third-order valence-corrected chi connectivity index (χ3v) is 4.17. The van der Waals surface area contributed by atoms with Crippen molar-refractivity contribution in [2.24, 2.45) is 0 Å². The maximum absolute atomic E-state index is 11.9. The van der Waals surface area contributed by atoms with Crippen LogP contribution in [0.2, 0.25) is 0 Å². The van der Waals surface area contributed by atoms with Gasteiger partial charge in [-0.15, -0.1) is 0 Å². The van der Waals surface area contributed by atoms with E-state index in [-0.39, 0.29) is 11.6 Å². The van der Waals surface area contributed by atoms with Crippen molar-refractivity contribution in [2.45, 2.75) is 25.8 Å². The van der Waals surface area contributed by atoms with Gasteiger partial charge >= 0.3 is 11.2 Å². The van der Waals surface area contributed by atoms with E-state index in [9.17, 15) is 19.7 Å². The average Bonchev–Trinajstić information content (AvgIpc) is 2.60. The van der Waals surface area contributed by atoms with Crippen LogP contribution in [0.5, 0.6) is 0 Å². The van der Waals surface area contributed by atoms with Gasteiger partial charge in [0.1, 0.15) is 5.69 Å². The van der Waals surface area contributed by atoms with Crippen LogP contribution in [-0.4, -0.2) is 22.4 Å². The maximum atomic E-state index is 11.9. The van der Waals surface area contributed by atoms with Crippen LogP contribution in [0, 0.1) is 10.1 Å². The second kappa shape index (κ2) is 7.16. The number of anilines is 2. The predicted molar refractivity (Wildman–Crippen MR) is 93.7 cm³/mol. The van der Waals surface area contributed by atoms with E-state index >= 15 is 0 Å². The largest absolute Gasteiger partial charge is 0.375 e. The van der Waals surface area contributed by atoms with E-state index in [4.69, 9.17) is 0 Å². The van der Waals surface area contributed by atoms with E-state index in [1.807, 2.05) is 24.3 Å². The highest BCUT2D eigenvalue weighted by Gasteiger charge is 2.20. The summed E-state index contributed by atoms with van der Waals surface area (Å²) < 4.78 is 0. The van der Waals surface area contributed by atoms with Crippen molar-refractivity contribution in [1.29, 1.82) is 0 Å². The first-order chi connectivity index (χ1) is 12.1. The summed E-state index contributed by atoms with van der Waals surface area (Å²) in [6, 6.07) is 8.92. The van der Waals surface area contributed by atoms with Crippen molar-refractivity contribution in [3.63, 3.8) is 0 Å². The van der Waals surface area contributed by atoms with Gasteiger partial charge in [0.05, 0.1) is 4.92 Å². The monoisotopic (exact) mass is 342 g/mol. The van der Waals surface area contributed by atoms with Crippen LogP contribution in [0.1, 0.15) is 24.8 Å². The zero-order valence-corrected chi connectivity index (χ0v) is 13.5. The van der Waals surface area contributed by atoms with Crippen molar-refractivity contribution in [3.05, 3.63) is 62.6 Å². The zero-order valence-electron chi connectivity index (χ0n) is 13.5. The molecule has 0 atom stereocenters. The highest BCUT2D eigenvalue weighted by Crippen LogP contribution is 2.22. The summed E-state index contributed by atoms with van der Waals surface area (Å²) in [5, 5.41) is 13.9. The Hall–Kier alpha value is -3.16. The zero-order chi connectivity index (χ0) is 17.8. The van der Waals surface area contributed by atoms with E-state index in [1.54, 1.807) is 4.90 Å². The third-order valence-electron chi connectivity index (χ3n) is 4.17. The van der Waals surface area contributed by atoms with Gasteiger partial charge in [-0.1, -0.05) is 12.1 Å². The fourth-order valence-corrected chi connectivity index (χ4v) is 2.86. The van der Waals surface area contributed by atoms with E-state index < -0.39 is 16.2 Å². The molecule has 8 nitrogen and oxygen atoms in total. The van der Waals surface area contributed by atoms with Crippen LogP contribution in [0.15, 0.2) is 41.3 Å². The lowest BCUT2D eigenvalue weighted by Crippen LogP contribution is -2.35. The highest BCUT2D eigenvalue weighted by atomic mass is 16.6. The van der Waals surface area contributed by atoms with Crippen molar-refractivity contribution >= 4 is 23.0 Å². The smallest absolute Gasteiger partial charge is 0.356 e. The maximum Gasteiger partial charge on any atom is 0.356 e. The number of nitro groups is 1. The van der Waals surface area contributed by atoms with Crippen molar-refractivity contribution < 1.29 is 9.72 Å². The highest BCUT2D eigenvalue weighted by molar-refractivity contribution is 5.93. The second-order valence-corrected chi connectivity index (χ2v) is 5.85. The molecule has 2 aromatic rings. The van der Waals surface area contributed by atoms with Gasteiger partial charge in [-0.3, -0.25) is 19.7 Å². The molecule has 1 saturated heterocycles. The lowest BCUT2D eigenvalue weighted by Gasteiger charge is -2.26. The van der Waals surface area contributed by atoms with Gasteiger partial charge in [-0.2, -0.15) is 0 Å². The van der Waals surface area contributed by atoms with Crippen LogP contribution in [-0.2, 0) is 11.3 Å². The standard InChI is InChI=1S/C17H18N4O4/c22-15-3-1-2-10-20(15)13-6-4-12(5-7-13)11-19-14-8-9-18-17(23)16(14)21(24)25/h4-9H,1-3,10-11H2,(H2,18,19,23). The fourth-order valence-electron chi connectivity index (χ4n) is 2.86. The molecule has 0 spiro atoms. The Morgan fingerprint density at radius 2 is 1.92 bits per heavy atom. The van der Waals surface area contributed by atoms with Gasteiger partial charge in [0.2, 0.25) is 5.91 Å². The van der Waals surface area contributed by atoms with Crippen LogP contribution in [0.4, 0.5) is 17.1 Å². The van der Waals surface area contributed by atoms with Crippen LogP contribution in [0.25, 0.3) is 0 Å². The molecule has 1 aromatic carbocycles. The summed E-state index contributed by atoms with van der Waals surface area (Å²) in [5.74, 6) is 0.135. The molecule has 130 valence electrons. The van der Waals surface area contributed by atoms with Gasteiger partial charge in [0, 0.05) is 31.4 Å². The number of nitrogens with zero attached hydrogens (tertiary/aromatic N) is 2. The molecule has 2 heterocycles. The van der Waals surface area contributed by atoms with Gasteiger partial charge in [0.15, 0.2) is 0 Å². The molecule has 0 saturated carbocycles. The molecular formula is C17H18N4O4. The summed E-state index contributed by atoms with van der Waals surface area (Å²) in [7, 11) is 0. The van der Waals surface area contributed by atoms with E-state index in [0.29, 0.717) is 13.0 Å². The number of benzene rings is 1. The number of hydrogen-bond donors (Lipinski definition) is 2. The van der Waals surface area contributed by atoms with Crippen LogP contribution >= 0.6 is 0 Å². The summed E-state index contributed by atoms with van der Waals surface area (Å²) in [5.41, 5.74) is 0.675. The number of aromatic nitrogens is 1. The minimum absolute atomic E-state index is 0.135. The van der Waals surface area contributed by atoms with E-state index in [2.05, 4.69) is 10.3 Å². The molecule has 2 N–H and O–H groups in total. The lowest BCUT2D eigenvalue weighted by molar-refractivity contribution is -0.385. The number of carbonyl (C=O) groups excluding carboxylic acids is 1. The molecule has 8 heteroatoms. The Bertz CT molecular complexity index is 844. The summed E-state index contributed by atoms with van der Waals surface area (Å²) in [6.07, 6.45) is 3.88. The molecule has 1 amide bonds. The second-order valence-electron chi connectivity index (χ2n) is 5.85. The molecule has 0 unspecified atom stereocenters. The summed E-state index contributed by atoms with van der Waals surface area (Å²) in [4.78, 5) is 37.9. The minimum atomic E-state index is -0.742. The summed E-state index contributed by atoms with van der Waals surface area (Å²) >= 11 is 0. The Kier molecular flexibility index (Phi) is 4.78. The minimum Gasteiger partial charge on any atom is -0.375 e.